The molecule has 2 aromatic carbocycles. The number of urea groups is 1. The van der Waals surface area contributed by atoms with Gasteiger partial charge in [0.2, 0.25) is 0 Å². The third-order valence-electron chi connectivity index (χ3n) is 4.19. The highest BCUT2D eigenvalue weighted by Gasteiger charge is 2.30. The van der Waals surface area contributed by atoms with Gasteiger partial charge in [0.05, 0.1) is 6.04 Å². The number of hydrogen-bond donors (Lipinski definition) is 1. The first-order chi connectivity index (χ1) is 12.6. The van der Waals surface area contributed by atoms with Crippen LogP contribution in [0.25, 0.3) is 6.08 Å². The molecule has 2 aromatic rings. The van der Waals surface area contributed by atoms with E-state index in [1.807, 2.05) is 61.5 Å². The number of carbonyl (C=O) groups is 2. The molecule has 1 aliphatic rings. The molecule has 0 saturated carbocycles. The Morgan fingerprint density at radius 3 is 2.50 bits per heavy atom. The Morgan fingerprint density at radius 1 is 1.15 bits per heavy atom. The van der Waals surface area contributed by atoms with Crippen LogP contribution in [0.4, 0.5) is 4.79 Å². The molecule has 4 nitrogen and oxygen atoms in total. The maximum Gasteiger partial charge on any atom is 0.322 e. The van der Waals surface area contributed by atoms with E-state index in [0.29, 0.717) is 12.1 Å². The molecule has 0 fully saturated rings. The van der Waals surface area contributed by atoms with Crippen molar-refractivity contribution >= 4 is 33.8 Å². The van der Waals surface area contributed by atoms with E-state index in [9.17, 15) is 9.59 Å². The first-order valence-corrected chi connectivity index (χ1v) is 9.19. The predicted octanol–water partition coefficient (Wildman–Crippen LogP) is 4.70. The summed E-state index contributed by atoms with van der Waals surface area (Å²) >= 11 is 3.40. The van der Waals surface area contributed by atoms with Crippen LogP contribution in [0, 0.1) is 0 Å². The zero-order valence-electron chi connectivity index (χ0n) is 14.4. The SMILES string of the molecule is CCN1C=C(C(=O)C=Cc2ccc(Br)cc2)C(c2ccccc2)NC1=O. The topological polar surface area (TPSA) is 49.4 Å². The number of benzene rings is 2. The molecule has 1 unspecified atom stereocenters. The number of rotatable bonds is 5. The van der Waals surface area contributed by atoms with Gasteiger partial charge in [0.1, 0.15) is 0 Å². The van der Waals surface area contributed by atoms with Crippen LogP contribution in [-0.2, 0) is 4.79 Å². The van der Waals surface area contributed by atoms with Crippen LogP contribution >= 0.6 is 15.9 Å². The zero-order chi connectivity index (χ0) is 18.5. The minimum atomic E-state index is -0.450. The van der Waals surface area contributed by atoms with Crippen molar-refractivity contribution < 1.29 is 9.59 Å². The molecule has 5 heteroatoms. The summed E-state index contributed by atoms with van der Waals surface area (Å²) in [6, 6.07) is 16.6. The quantitative estimate of drug-likeness (QED) is 0.725. The molecule has 2 amide bonds. The molecule has 0 radical (unpaired) electrons. The summed E-state index contributed by atoms with van der Waals surface area (Å²) in [4.78, 5) is 26.6. The van der Waals surface area contributed by atoms with Crippen LogP contribution in [0.1, 0.15) is 24.1 Å². The van der Waals surface area contributed by atoms with Crippen molar-refractivity contribution in [1.29, 1.82) is 0 Å². The first-order valence-electron chi connectivity index (χ1n) is 8.40. The van der Waals surface area contributed by atoms with E-state index in [4.69, 9.17) is 0 Å². The second-order valence-electron chi connectivity index (χ2n) is 5.91. The Hall–Kier alpha value is -2.66. The summed E-state index contributed by atoms with van der Waals surface area (Å²) in [6.45, 7) is 2.37. The molecule has 0 bridgehead atoms. The number of halogens is 1. The maximum atomic E-state index is 12.8. The van der Waals surface area contributed by atoms with E-state index in [1.165, 1.54) is 4.90 Å². The van der Waals surface area contributed by atoms with Gasteiger partial charge in [-0.2, -0.15) is 0 Å². The monoisotopic (exact) mass is 410 g/mol. The highest BCUT2D eigenvalue weighted by molar-refractivity contribution is 9.10. The molecule has 0 aromatic heterocycles. The molecular formula is C21H19BrN2O2. The average Bonchev–Trinajstić information content (AvgIpc) is 2.67. The standard InChI is InChI=1S/C21H19BrN2O2/c1-2-24-14-18(19(25)13-10-15-8-11-17(22)12-9-15)20(23-21(24)26)16-6-4-3-5-7-16/h3-14,20H,2H2,1H3,(H,23,26). The van der Waals surface area contributed by atoms with Gasteiger partial charge in [0.25, 0.3) is 0 Å². The fraction of sp³-hybridized carbons (Fsp3) is 0.143. The normalized spacial score (nSPS) is 17.2. The van der Waals surface area contributed by atoms with Gasteiger partial charge in [-0.25, -0.2) is 4.79 Å². The fourth-order valence-corrected chi connectivity index (χ4v) is 3.04. The largest absolute Gasteiger partial charge is 0.327 e. The summed E-state index contributed by atoms with van der Waals surface area (Å²) in [7, 11) is 0. The van der Waals surface area contributed by atoms with Gasteiger partial charge >= 0.3 is 6.03 Å². The molecular weight excluding hydrogens is 392 g/mol. The van der Waals surface area contributed by atoms with Crippen molar-refractivity contribution in [1.82, 2.24) is 10.2 Å². The molecule has 26 heavy (non-hydrogen) atoms. The maximum absolute atomic E-state index is 12.8. The van der Waals surface area contributed by atoms with Crippen molar-refractivity contribution in [2.75, 3.05) is 6.54 Å². The van der Waals surface area contributed by atoms with Crippen molar-refractivity contribution in [2.24, 2.45) is 0 Å². The van der Waals surface area contributed by atoms with Gasteiger partial charge in [-0.15, -0.1) is 0 Å². The Bertz CT molecular complexity index is 857. The lowest BCUT2D eigenvalue weighted by molar-refractivity contribution is -0.111. The van der Waals surface area contributed by atoms with Crippen LogP contribution in [0.5, 0.6) is 0 Å². The van der Waals surface area contributed by atoms with Crippen LogP contribution in [-0.4, -0.2) is 23.3 Å². The van der Waals surface area contributed by atoms with Crippen LogP contribution in [0.2, 0.25) is 0 Å². The van der Waals surface area contributed by atoms with Crippen molar-refractivity contribution in [3.05, 3.63) is 88.0 Å². The Kier molecular flexibility index (Phi) is 5.68. The molecule has 3 rings (SSSR count). The molecule has 1 aliphatic heterocycles. The van der Waals surface area contributed by atoms with Gasteiger partial charge in [-0.3, -0.25) is 4.79 Å². The molecule has 1 heterocycles. The lowest BCUT2D eigenvalue weighted by atomic mass is 9.94. The second-order valence-corrected chi connectivity index (χ2v) is 6.83. The predicted molar refractivity (Wildman–Crippen MR) is 106 cm³/mol. The molecule has 0 spiro atoms. The molecule has 1 atom stereocenters. The lowest BCUT2D eigenvalue weighted by Gasteiger charge is -2.31. The molecule has 1 N–H and O–H groups in total. The van der Waals surface area contributed by atoms with Gasteiger partial charge < -0.3 is 10.2 Å². The summed E-state index contributed by atoms with van der Waals surface area (Å²) in [5.74, 6) is -0.125. The number of nitrogens with one attached hydrogen (secondary N) is 1. The number of ketones is 1. The number of allylic oxidation sites excluding steroid dienone is 1. The van der Waals surface area contributed by atoms with Gasteiger partial charge in [-0.1, -0.05) is 64.5 Å². The highest BCUT2D eigenvalue weighted by Crippen LogP contribution is 2.27. The van der Waals surface area contributed by atoms with Crippen molar-refractivity contribution in [2.45, 2.75) is 13.0 Å². The number of carbonyl (C=O) groups excluding carboxylic acids is 2. The number of nitrogens with zero attached hydrogens (tertiary/aromatic N) is 1. The Morgan fingerprint density at radius 2 is 1.85 bits per heavy atom. The van der Waals surface area contributed by atoms with E-state index in [1.54, 1.807) is 18.4 Å². The molecule has 132 valence electrons. The van der Waals surface area contributed by atoms with Gasteiger partial charge in [-0.05, 0) is 36.3 Å². The molecule has 0 saturated heterocycles. The Labute approximate surface area is 161 Å². The van der Waals surface area contributed by atoms with E-state index < -0.39 is 6.04 Å². The zero-order valence-corrected chi connectivity index (χ0v) is 15.9. The van der Waals surface area contributed by atoms with E-state index >= 15 is 0 Å². The van der Waals surface area contributed by atoms with Gasteiger partial charge in [0.15, 0.2) is 5.78 Å². The van der Waals surface area contributed by atoms with Gasteiger partial charge in [0, 0.05) is 22.8 Å². The van der Waals surface area contributed by atoms with Crippen LogP contribution in [0.15, 0.2) is 76.9 Å². The highest BCUT2D eigenvalue weighted by atomic mass is 79.9. The van der Waals surface area contributed by atoms with Crippen LogP contribution in [0.3, 0.4) is 0 Å². The number of hydrogen-bond acceptors (Lipinski definition) is 2. The van der Waals surface area contributed by atoms with E-state index in [2.05, 4.69) is 21.2 Å². The third-order valence-corrected chi connectivity index (χ3v) is 4.72. The van der Waals surface area contributed by atoms with Crippen molar-refractivity contribution in [3.8, 4) is 0 Å². The third kappa shape index (κ3) is 4.11. The van der Waals surface area contributed by atoms with Crippen molar-refractivity contribution in [3.63, 3.8) is 0 Å². The van der Waals surface area contributed by atoms with E-state index in [0.717, 1.165) is 15.6 Å². The minimum Gasteiger partial charge on any atom is -0.327 e. The Balaban J connectivity index is 1.90. The minimum absolute atomic E-state index is 0.125. The lowest BCUT2D eigenvalue weighted by Crippen LogP contribution is -2.44. The summed E-state index contributed by atoms with van der Waals surface area (Å²) < 4.78 is 0.987. The first kappa shape index (κ1) is 18.1. The van der Waals surface area contributed by atoms with Crippen LogP contribution < -0.4 is 5.32 Å². The smallest absolute Gasteiger partial charge is 0.322 e. The summed E-state index contributed by atoms with van der Waals surface area (Å²) in [5.41, 5.74) is 2.37. The molecule has 0 aliphatic carbocycles. The number of amides is 2. The van der Waals surface area contributed by atoms with E-state index in [-0.39, 0.29) is 11.8 Å². The average molecular weight is 411 g/mol. The summed E-state index contributed by atoms with van der Waals surface area (Å²) in [6.07, 6.45) is 4.99. The second kappa shape index (κ2) is 8.15. The summed E-state index contributed by atoms with van der Waals surface area (Å²) in [5, 5.41) is 2.93. The fourth-order valence-electron chi connectivity index (χ4n) is 2.78.